The van der Waals surface area contributed by atoms with E-state index in [1.165, 1.54) is 6.33 Å². The Balaban J connectivity index is 1.98. The summed E-state index contributed by atoms with van der Waals surface area (Å²) < 4.78 is 0. The number of aromatic nitrogens is 3. The smallest absolute Gasteiger partial charge is 0.233 e. The molecule has 1 aromatic heterocycles. The van der Waals surface area contributed by atoms with Gasteiger partial charge >= 0.3 is 0 Å². The maximum absolute atomic E-state index is 11.2. The number of nitrogens with one attached hydrogen (secondary N) is 3. The normalized spacial score (nSPS) is 10.0. The van der Waals surface area contributed by atoms with E-state index in [0.29, 0.717) is 19.6 Å². The Morgan fingerprint density at radius 2 is 2.50 bits per heavy atom. The van der Waals surface area contributed by atoms with Crippen molar-refractivity contribution in [2.45, 2.75) is 12.8 Å². The molecule has 0 aliphatic rings. The van der Waals surface area contributed by atoms with Crippen molar-refractivity contribution in [1.29, 1.82) is 0 Å². The number of H-pyrrole nitrogens is 1. The molecule has 0 aromatic carbocycles. The van der Waals surface area contributed by atoms with Gasteiger partial charge in [0.05, 0.1) is 6.54 Å². The number of rotatable bonds is 8. The molecule has 0 aliphatic carbocycles. The summed E-state index contributed by atoms with van der Waals surface area (Å²) in [4.78, 5) is 15.2. The van der Waals surface area contributed by atoms with Crippen LogP contribution in [0, 0.1) is 0 Å². The predicted octanol–water partition coefficient (Wildman–Crippen LogP) is -0.371. The maximum Gasteiger partial charge on any atom is 0.233 e. The van der Waals surface area contributed by atoms with Gasteiger partial charge in [0.1, 0.15) is 12.2 Å². The molecule has 16 heavy (non-hydrogen) atoms. The molecule has 1 heterocycles. The number of nitrogens with zero attached hydrogens (tertiary/aromatic N) is 2. The van der Waals surface area contributed by atoms with Crippen molar-refractivity contribution in [3.63, 3.8) is 0 Å². The number of aromatic amines is 1. The van der Waals surface area contributed by atoms with Gasteiger partial charge in [0.15, 0.2) is 0 Å². The van der Waals surface area contributed by atoms with E-state index in [4.69, 9.17) is 0 Å². The van der Waals surface area contributed by atoms with Gasteiger partial charge in [0.25, 0.3) is 0 Å². The summed E-state index contributed by atoms with van der Waals surface area (Å²) in [5.74, 6) is 0.846. The molecule has 0 unspecified atom stereocenters. The average molecular weight is 223 g/mol. The van der Waals surface area contributed by atoms with Crippen LogP contribution in [-0.4, -0.2) is 40.7 Å². The van der Waals surface area contributed by atoms with Gasteiger partial charge < -0.3 is 10.6 Å². The van der Waals surface area contributed by atoms with Gasteiger partial charge in [-0.1, -0.05) is 6.08 Å². The van der Waals surface area contributed by atoms with Crippen LogP contribution in [-0.2, 0) is 11.2 Å². The largest absolute Gasteiger partial charge is 0.355 e. The number of hydrogen-bond donors (Lipinski definition) is 3. The van der Waals surface area contributed by atoms with Gasteiger partial charge in [-0.05, 0) is 6.42 Å². The van der Waals surface area contributed by atoms with E-state index in [1.54, 1.807) is 6.08 Å². The van der Waals surface area contributed by atoms with E-state index in [1.807, 2.05) is 0 Å². The lowest BCUT2D eigenvalue weighted by molar-refractivity contribution is -0.120. The molecule has 0 fully saturated rings. The van der Waals surface area contributed by atoms with Crippen LogP contribution in [0.15, 0.2) is 19.0 Å². The lowest BCUT2D eigenvalue weighted by Gasteiger charge is -2.04. The molecule has 0 atom stereocenters. The second-order valence-corrected chi connectivity index (χ2v) is 3.31. The highest BCUT2D eigenvalue weighted by Gasteiger charge is 1.99. The standard InChI is InChI=1S/C10H17N5O/c1-2-5-11-7-10(16)12-6-3-4-9-13-8-14-15-9/h2,8,11H,1,3-7H2,(H,12,16)(H,13,14,15). The third kappa shape index (κ3) is 5.26. The SMILES string of the molecule is C=CCNCC(=O)NCCCc1ncn[nH]1. The molecule has 6 heteroatoms. The van der Waals surface area contributed by atoms with Crippen LogP contribution in [0.25, 0.3) is 0 Å². The number of amides is 1. The van der Waals surface area contributed by atoms with Crippen LogP contribution in [0.1, 0.15) is 12.2 Å². The Bertz CT molecular complexity index is 309. The minimum absolute atomic E-state index is 0.000537. The van der Waals surface area contributed by atoms with E-state index >= 15 is 0 Å². The Morgan fingerprint density at radius 1 is 1.62 bits per heavy atom. The molecule has 88 valence electrons. The summed E-state index contributed by atoms with van der Waals surface area (Å²) in [6.45, 7) is 5.17. The fraction of sp³-hybridized carbons (Fsp3) is 0.500. The molecule has 3 N–H and O–H groups in total. The van der Waals surface area contributed by atoms with E-state index in [-0.39, 0.29) is 5.91 Å². The van der Waals surface area contributed by atoms with Crippen LogP contribution in [0.3, 0.4) is 0 Å². The fourth-order valence-corrected chi connectivity index (χ4v) is 1.19. The first-order chi connectivity index (χ1) is 7.83. The Kier molecular flexibility index (Phi) is 5.87. The summed E-state index contributed by atoms with van der Waals surface area (Å²) in [5, 5.41) is 12.2. The van der Waals surface area contributed by atoms with E-state index in [9.17, 15) is 4.79 Å². The van der Waals surface area contributed by atoms with Crippen molar-refractivity contribution in [2.75, 3.05) is 19.6 Å². The highest BCUT2D eigenvalue weighted by molar-refractivity contribution is 5.77. The first kappa shape index (κ1) is 12.4. The van der Waals surface area contributed by atoms with Gasteiger partial charge in [0, 0.05) is 19.5 Å². The zero-order valence-corrected chi connectivity index (χ0v) is 9.20. The molecular weight excluding hydrogens is 206 g/mol. The van der Waals surface area contributed by atoms with Gasteiger partial charge in [-0.3, -0.25) is 9.89 Å². The number of aryl methyl sites for hydroxylation is 1. The maximum atomic E-state index is 11.2. The number of hydrogen-bond acceptors (Lipinski definition) is 4. The molecule has 0 bridgehead atoms. The Hall–Kier alpha value is -1.69. The zero-order valence-electron chi connectivity index (χ0n) is 9.20. The molecule has 1 amide bonds. The summed E-state index contributed by atoms with van der Waals surface area (Å²) in [7, 11) is 0. The van der Waals surface area contributed by atoms with Gasteiger partial charge in [0.2, 0.25) is 5.91 Å². The first-order valence-electron chi connectivity index (χ1n) is 5.25. The number of carbonyl (C=O) groups excluding carboxylic acids is 1. The van der Waals surface area contributed by atoms with Gasteiger partial charge in [-0.25, -0.2) is 4.98 Å². The van der Waals surface area contributed by atoms with Crippen LogP contribution >= 0.6 is 0 Å². The zero-order chi connectivity index (χ0) is 11.6. The van der Waals surface area contributed by atoms with Crippen molar-refractivity contribution in [2.24, 2.45) is 0 Å². The highest BCUT2D eigenvalue weighted by Crippen LogP contribution is 1.91. The quantitative estimate of drug-likeness (QED) is 0.415. The van der Waals surface area contributed by atoms with Crippen LogP contribution < -0.4 is 10.6 Å². The second-order valence-electron chi connectivity index (χ2n) is 3.31. The molecule has 0 saturated heterocycles. The third-order valence-corrected chi connectivity index (χ3v) is 1.95. The molecule has 0 saturated carbocycles. The van der Waals surface area contributed by atoms with Crippen molar-refractivity contribution < 1.29 is 4.79 Å². The lowest BCUT2D eigenvalue weighted by atomic mass is 10.3. The minimum Gasteiger partial charge on any atom is -0.355 e. The van der Waals surface area contributed by atoms with Crippen LogP contribution in [0.5, 0.6) is 0 Å². The molecule has 6 nitrogen and oxygen atoms in total. The molecule has 0 spiro atoms. The summed E-state index contributed by atoms with van der Waals surface area (Å²) in [6.07, 6.45) is 4.84. The van der Waals surface area contributed by atoms with Crippen LogP contribution in [0.4, 0.5) is 0 Å². The molecule has 1 aromatic rings. The second kappa shape index (κ2) is 7.58. The molecule has 0 radical (unpaired) electrons. The van der Waals surface area contributed by atoms with E-state index in [2.05, 4.69) is 32.4 Å². The van der Waals surface area contributed by atoms with E-state index < -0.39 is 0 Å². The average Bonchev–Trinajstić information content (AvgIpc) is 2.78. The highest BCUT2D eigenvalue weighted by atomic mass is 16.1. The van der Waals surface area contributed by atoms with Crippen molar-refractivity contribution in [3.8, 4) is 0 Å². The molecule has 0 aliphatic heterocycles. The van der Waals surface area contributed by atoms with Crippen molar-refractivity contribution in [3.05, 3.63) is 24.8 Å². The fourth-order valence-electron chi connectivity index (χ4n) is 1.19. The van der Waals surface area contributed by atoms with E-state index in [0.717, 1.165) is 18.7 Å². The Labute approximate surface area is 94.5 Å². The van der Waals surface area contributed by atoms with Crippen molar-refractivity contribution >= 4 is 5.91 Å². The van der Waals surface area contributed by atoms with Gasteiger partial charge in [-0.15, -0.1) is 6.58 Å². The minimum atomic E-state index is -0.000537. The summed E-state index contributed by atoms with van der Waals surface area (Å²) in [6, 6.07) is 0. The van der Waals surface area contributed by atoms with Gasteiger partial charge in [-0.2, -0.15) is 5.10 Å². The Morgan fingerprint density at radius 3 is 3.19 bits per heavy atom. The predicted molar refractivity (Wildman–Crippen MR) is 60.8 cm³/mol. The van der Waals surface area contributed by atoms with Crippen LogP contribution in [0.2, 0.25) is 0 Å². The molecular formula is C10H17N5O. The number of carbonyl (C=O) groups is 1. The topological polar surface area (TPSA) is 82.7 Å². The summed E-state index contributed by atoms with van der Waals surface area (Å²) >= 11 is 0. The summed E-state index contributed by atoms with van der Waals surface area (Å²) in [5.41, 5.74) is 0. The third-order valence-electron chi connectivity index (χ3n) is 1.95. The first-order valence-corrected chi connectivity index (χ1v) is 5.25. The monoisotopic (exact) mass is 223 g/mol. The lowest BCUT2D eigenvalue weighted by Crippen LogP contribution is -2.34. The molecule has 1 rings (SSSR count). The van der Waals surface area contributed by atoms with Crippen molar-refractivity contribution in [1.82, 2.24) is 25.8 Å².